The average Bonchev–Trinajstić information content (AvgIpc) is 2.04. The van der Waals surface area contributed by atoms with Gasteiger partial charge in [-0.2, -0.15) is 0 Å². The number of hydrogen-bond donors (Lipinski definition) is 0. The average molecular weight is 181 g/mol. The van der Waals surface area contributed by atoms with Crippen molar-refractivity contribution in [3.63, 3.8) is 0 Å². The summed E-state index contributed by atoms with van der Waals surface area (Å²) in [5.41, 5.74) is 0. The van der Waals surface area contributed by atoms with Crippen LogP contribution in [0.5, 0.6) is 0 Å². The van der Waals surface area contributed by atoms with Crippen LogP contribution in [0.1, 0.15) is 12.8 Å². The summed E-state index contributed by atoms with van der Waals surface area (Å²) < 4.78 is 9.63. The third-order valence-corrected chi connectivity index (χ3v) is 1.44. The first-order valence-corrected chi connectivity index (χ1v) is 3.91. The molecule has 0 saturated carbocycles. The standard InChI is InChI=1S/C7H13ClO3/c1-10-6-11-4-2-3-7(8)5-9/h5,7H,2-4,6H2,1H3/t7-/m1/s1. The molecule has 0 aromatic rings. The van der Waals surface area contributed by atoms with Crippen molar-refractivity contribution in [3.05, 3.63) is 0 Å². The summed E-state index contributed by atoms with van der Waals surface area (Å²) in [5, 5.41) is -0.374. The van der Waals surface area contributed by atoms with E-state index < -0.39 is 0 Å². The van der Waals surface area contributed by atoms with Crippen molar-refractivity contribution in [1.82, 2.24) is 0 Å². The molecule has 3 nitrogen and oxygen atoms in total. The molecule has 0 unspecified atom stereocenters. The minimum atomic E-state index is -0.374. The molecular weight excluding hydrogens is 168 g/mol. The van der Waals surface area contributed by atoms with Gasteiger partial charge in [-0.05, 0) is 12.8 Å². The predicted octanol–water partition coefficient (Wildman–Crippen LogP) is 1.19. The predicted molar refractivity (Wildman–Crippen MR) is 42.8 cm³/mol. The van der Waals surface area contributed by atoms with Crippen LogP contribution in [-0.2, 0) is 14.3 Å². The Morgan fingerprint density at radius 1 is 1.64 bits per heavy atom. The number of carbonyl (C=O) groups excluding carboxylic acids is 1. The summed E-state index contributed by atoms with van der Waals surface area (Å²) in [6, 6.07) is 0. The summed E-state index contributed by atoms with van der Waals surface area (Å²) in [6.07, 6.45) is 2.18. The Morgan fingerprint density at radius 2 is 2.36 bits per heavy atom. The van der Waals surface area contributed by atoms with Crippen molar-refractivity contribution < 1.29 is 14.3 Å². The Labute approximate surface area is 71.6 Å². The lowest BCUT2D eigenvalue weighted by Gasteiger charge is -2.02. The lowest BCUT2D eigenvalue weighted by molar-refractivity contribution is -0.107. The van der Waals surface area contributed by atoms with E-state index >= 15 is 0 Å². The zero-order valence-corrected chi connectivity index (χ0v) is 7.34. The van der Waals surface area contributed by atoms with E-state index in [-0.39, 0.29) is 5.38 Å². The minimum Gasteiger partial charge on any atom is -0.359 e. The van der Waals surface area contributed by atoms with E-state index in [2.05, 4.69) is 4.74 Å². The van der Waals surface area contributed by atoms with Gasteiger partial charge in [0.15, 0.2) is 0 Å². The van der Waals surface area contributed by atoms with Crippen LogP contribution < -0.4 is 0 Å². The Bertz CT molecular complexity index is 97.7. The monoisotopic (exact) mass is 180 g/mol. The van der Waals surface area contributed by atoms with E-state index in [1.54, 1.807) is 7.11 Å². The second kappa shape index (κ2) is 7.98. The third-order valence-electron chi connectivity index (χ3n) is 1.12. The van der Waals surface area contributed by atoms with E-state index in [0.29, 0.717) is 19.8 Å². The van der Waals surface area contributed by atoms with Crippen LogP contribution in [0.2, 0.25) is 0 Å². The van der Waals surface area contributed by atoms with Crippen molar-refractivity contribution in [3.8, 4) is 0 Å². The van der Waals surface area contributed by atoms with E-state index in [0.717, 1.165) is 12.7 Å². The van der Waals surface area contributed by atoms with E-state index in [9.17, 15) is 4.79 Å². The Kier molecular flexibility index (Phi) is 7.89. The summed E-state index contributed by atoms with van der Waals surface area (Å²) in [6.45, 7) is 0.888. The zero-order chi connectivity index (χ0) is 8.53. The van der Waals surface area contributed by atoms with Crippen LogP contribution in [0, 0.1) is 0 Å². The summed E-state index contributed by atoms with van der Waals surface area (Å²) in [7, 11) is 1.57. The first-order chi connectivity index (χ1) is 5.31. The molecule has 0 aliphatic carbocycles. The highest BCUT2D eigenvalue weighted by atomic mass is 35.5. The number of rotatable bonds is 7. The Morgan fingerprint density at radius 3 is 2.91 bits per heavy atom. The van der Waals surface area contributed by atoms with E-state index in [1.807, 2.05) is 0 Å². The molecule has 1 atom stereocenters. The van der Waals surface area contributed by atoms with Crippen LogP contribution >= 0.6 is 11.6 Å². The maximum Gasteiger partial charge on any atom is 0.146 e. The van der Waals surface area contributed by atoms with Crippen molar-refractivity contribution >= 4 is 17.9 Å². The maximum absolute atomic E-state index is 10.0. The van der Waals surface area contributed by atoms with Gasteiger partial charge in [0.1, 0.15) is 13.1 Å². The number of halogens is 1. The van der Waals surface area contributed by atoms with Crippen LogP contribution in [0.4, 0.5) is 0 Å². The van der Waals surface area contributed by atoms with Gasteiger partial charge in [0.05, 0.1) is 5.38 Å². The quantitative estimate of drug-likeness (QED) is 0.256. The summed E-state index contributed by atoms with van der Waals surface area (Å²) in [5.74, 6) is 0. The summed E-state index contributed by atoms with van der Waals surface area (Å²) >= 11 is 5.52. The first kappa shape index (κ1) is 10.9. The van der Waals surface area contributed by atoms with Gasteiger partial charge in [-0.25, -0.2) is 0 Å². The molecule has 0 fully saturated rings. The molecule has 0 aromatic heterocycles. The number of aldehydes is 1. The molecule has 0 spiro atoms. The maximum atomic E-state index is 10.0. The summed E-state index contributed by atoms with van der Waals surface area (Å²) in [4.78, 5) is 10.0. The number of ether oxygens (including phenoxy) is 2. The molecule has 0 aliphatic rings. The largest absolute Gasteiger partial charge is 0.359 e. The number of carbonyl (C=O) groups is 1. The zero-order valence-electron chi connectivity index (χ0n) is 6.59. The lowest BCUT2D eigenvalue weighted by Crippen LogP contribution is -2.04. The second-order valence-electron chi connectivity index (χ2n) is 2.11. The molecule has 0 N–H and O–H groups in total. The van der Waals surface area contributed by atoms with Crippen LogP contribution in [-0.4, -0.2) is 32.2 Å². The fourth-order valence-electron chi connectivity index (χ4n) is 0.591. The van der Waals surface area contributed by atoms with Crippen molar-refractivity contribution in [2.24, 2.45) is 0 Å². The lowest BCUT2D eigenvalue weighted by atomic mass is 10.2. The van der Waals surface area contributed by atoms with Crippen molar-refractivity contribution in [2.75, 3.05) is 20.5 Å². The number of hydrogen-bond acceptors (Lipinski definition) is 3. The van der Waals surface area contributed by atoms with Gasteiger partial charge in [-0.15, -0.1) is 11.6 Å². The fraction of sp³-hybridized carbons (Fsp3) is 0.857. The van der Waals surface area contributed by atoms with Gasteiger partial charge >= 0.3 is 0 Å². The fourth-order valence-corrected chi connectivity index (χ4v) is 0.745. The number of methoxy groups -OCH3 is 1. The van der Waals surface area contributed by atoms with Crippen molar-refractivity contribution in [1.29, 1.82) is 0 Å². The molecule has 11 heavy (non-hydrogen) atoms. The highest BCUT2D eigenvalue weighted by Gasteiger charge is 2.00. The van der Waals surface area contributed by atoms with Gasteiger partial charge in [0.2, 0.25) is 0 Å². The van der Waals surface area contributed by atoms with Crippen LogP contribution in [0.25, 0.3) is 0 Å². The molecule has 0 radical (unpaired) electrons. The topological polar surface area (TPSA) is 35.5 Å². The van der Waals surface area contributed by atoms with E-state index in [4.69, 9.17) is 16.3 Å². The molecule has 0 saturated heterocycles. The van der Waals surface area contributed by atoms with Crippen LogP contribution in [0.3, 0.4) is 0 Å². The molecule has 0 heterocycles. The van der Waals surface area contributed by atoms with Gasteiger partial charge in [-0.1, -0.05) is 0 Å². The second-order valence-corrected chi connectivity index (χ2v) is 2.67. The molecule has 0 rings (SSSR count). The highest BCUT2D eigenvalue weighted by molar-refractivity contribution is 6.27. The van der Waals surface area contributed by atoms with Crippen molar-refractivity contribution in [2.45, 2.75) is 18.2 Å². The molecule has 4 heteroatoms. The smallest absolute Gasteiger partial charge is 0.146 e. The van der Waals surface area contributed by atoms with Gasteiger partial charge < -0.3 is 14.3 Å². The van der Waals surface area contributed by atoms with Gasteiger partial charge in [-0.3, -0.25) is 0 Å². The van der Waals surface area contributed by atoms with Gasteiger partial charge in [0.25, 0.3) is 0 Å². The van der Waals surface area contributed by atoms with E-state index in [1.165, 1.54) is 0 Å². The molecule has 0 amide bonds. The highest BCUT2D eigenvalue weighted by Crippen LogP contribution is 2.01. The third kappa shape index (κ3) is 7.78. The SMILES string of the molecule is COCOCCC[C@@H](Cl)C=O. The number of alkyl halides is 1. The normalized spacial score (nSPS) is 12.9. The molecule has 0 bridgehead atoms. The molecule has 66 valence electrons. The van der Waals surface area contributed by atoms with Crippen LogP contribution in [0.15, 0.2) is 0 Å². The molecule has 0 aliphatic heterocycles. The van der Waals surface area contributed by atoms with Gasteiger partial charge in [0, 0.05) is 13.7 Å². The molecular formula is C7H13ClO3. The Balaban J connectivity index is 2.95. The minimum absolute atomic E-state index is 0.300. The molecule has 0 aromatic carbocycles. The first-order valence-electron chi connectivity index (χ1n) is 3.47. The Hall–Kier alpha value is -0.120.